The standard InChI is InChI=1S/C18H27N3O6S/c1-13-16(14(2)27-19-13)28(23,24)21-7-3-4-15(12-21)17(22)20-8-5-18(6-9-20)25-10-11-26-18/h15H,3-12H2,1-2H3. The summed E-state index contributed by atoms with van der Waals surface area (Å²) in [6.45, 7) is 6.16. The number of hydrogen-bond acceptors (Lipinski definition) is 7. The van der Waals surface area contributed by atoms with E-state index < -0.39 is 15.8 Å². The molecule has 0 radical (unpaired) electrons. The lowest BCUT2D eigenvalue weighted by molar-refractivity contribution is -0.188. The van der Waals surface area contributed by atoms with Crippen LogP contribution in [-0.2, 0) is 24.3 Å². The first-order valence-corrected chi connectivity index (χ1v) is 11.3. The summed E-state index contributed by atoms with van der Waals surface area (Å²) in [7, 11) is -3.73. The molecule has 10 heteroatoms. The summed E-state index contributed by atoms with van der Waals surface area (Å²) in [5.74, 6) is -0.555. The van der Waals surface area contributed by atoms with Crippen LogP contribution in [0.5, 0.6) is 0 Å². The number of hydrogen-bond donors (Lipinski definition) is 0. The molecular formula is C18H27N3O6S. The van der Waals surface area contributed by atoms with E-state index in [1.54, 1.807) is 13.8 Å². The molecular weight excluding hydrogens is 386 g/mol. The monoisotopic (exact) mass is 413 g/mol. The molecule has 3 fully saturated rings. The first kappa shape index (κ1) is 19.8. The van der Waals surface area contributed by atoms with Gasteiger partial charge >= 0.3 is 0 Å². The Morgan fingerprint density at radius 1 is 1.14 bits per heavy atom. The number of sulfonamides is 1. The van der Waals surface area contributed by atoms with Gasteiger partial charge in [-0.15, -0.1) is 0 Å². The van der Waals surface area contributed by atoms with E-state index in [0.29, 0.717) is 64.2 Å². The van der Waals surface area contributed by atoms with Crippen LogP contribution in [0.1, 0.15) is 37.1 Å². The van der Waals surface area contributed by atoms with Crippen molar-refractivity contribution in [2.24, 2.45) is 5.92 Å². The summed E-state index contributed by atoms with van der Waals surface area (Å²) in [4.78, 5) is 15.0. The van der Waals surface area contributed by atoms with Crippen molar-refractivity contribution < 1.29 is 27.2 Å². The fourth-order valence-corrected chi connectivity index (χ4v) is 6.26. The smallest absolute Gasteiger partial charge is 0.248 e. The van der Waals surface area contributed by atoms with Crippen molar-refractivity contribution in [2.45, 2.75) is 50.2 Å². The van der Waals surface area contributed by atoms with Crippen LogP contribution in [-0.4, -0.2) is 73.9 Å². The lowest BCUT2D eigenvalue weighted by Crippen LogP contribution is -2.51. The molecule has 1 spiro atoms. The first-order valence-electron chi connectivity index (χ1n) is 9.82. The summed E-state index contributed by atoms with van der Waals surface area (Å²) in [6, 6.07) is 0. The third-order valence-electron chi connectivity index (χ3n) is 5.95. The van der Waals surface area contributed by atoms with Crippen molar-refractivity contribution in [1.82, 2.24) is 14.4 Å². The fraction of sp³-hybridized carbons (Fsp3) is 0.778. The van der Waals surface area contributed by atoms with Gasteiger partial charge in [0, 0.05) is 39.0 Å². The van der Waals surface area contributed by atoms with E-state index in [2.05, 4.69) is 5.16 Å². The molecule has 0 bridgehead atoms. The van der Waals surface area contributed by atoms with E-state index in [9.17, 15) is 13.2 Å². The molecule has 1 aromatic heterocycles. The van der Waals surface area contributed by atoms with Crippen LogP contribution in [0.25, 0.3) is 0 Å². The van der Waals surface area contributed by atoms with Crippen LogP contribution < -0.4 is 0 Å². The normalized spacial score (nSPS) is 26.1. The quantitative estimate of drug-likeness (QED) is 0.730. The summed E-state index contributed by atoms with van der Waals surface area (Å²) in [5.41, 5.74) is 0.351. The predicted molar refractivity (Wildman–Crippen MR) is 97.9 cm³/mol. The molecule has 28 heavy (non-hydrogen) atoms. The number of piperidine rings is 2. The highest BCUT2D eigenvalue weighted by atomic mass is 32.2. The first-order chi connectivity index (χ1) is 13.3. The van der Waals surface area contributed by atoms with Crippen molar-refractivity contribution >= 4 is 15.9 Å². The van der Waals surface area contributed by atoms with Gasteiger partial charge in [0.1, 0.15) is 10.6 Å². The van der Waals surface area contributed by atoms with Crippen LogP contribution in [0.2, 0.25) is 0 Å². The van der Waals surface area contributed by atoms with Crippen molar-refractivity contribution in [2.75, 3.05) is 39.4 Å². The number of amides is 1. The zero-order chi connectivity index (χ0) is 19.9. The van der Waals surface area contributed by atoms with Gasteiger partial charge in [0.25, 0.3) is 0 Å². The largest absolute Gasteiger partial charge is 0.360 e. The molecule has 4 rings (SSSR count). The van der Waals surface area contributed by atoms with Gasteiger partial charge in [0.15, 0.2) is 11.5 Å². The van der Waals surface area contributed by atoms with Gasteiger partial charge in [0.2, 0.25) is 15.9 Å². The molecule has 3 aliphatic rings. The van der Waals surface area contributed by atoms with Crippen molar-refractivity contribution in [3.05, 3.63) is 11.5 Å². The van der Waals surface area contributed by atoms with Crippen molar-refractivity contribution in [1.29, 1.82) is 0 Å². The minimum absolute atomic E-state index is 0.0199. The van der Waals surface area contributed by atoms with Gasteiger partial charge in [-0.2, -0.15) is 4.31 Å². The van der Waals surface area contributed by atoms with Gasteiger partial charge in [-0.3, -0.25) is 4.79 Å². The molecule has 1 unspecified atom stereocenters. The zero-order valence-electron chi connectivity index (χ0n) is 16.3. The second-order valence-corrected chi connectivity index (χ2v) is 9.66. The number of aromatic nitrogens is 1. The highest BCUT2D eigenvalue weighted by molar-refractivity contribution is 7.89. The molecule has 0 N–H and O–H groups in total. The maximum Gasteiger partial charge on any atom is 0.248 e. The van der Waals surface area contributed by atoms with E-state index in [1.807, 2.05) is 4.90 Å². The average molecular weight is 413 g/mol. The van der Waals surface area contributed by atoms with Crippen LogP contribution >= 0.6 is 0 Å². The second kappa shape index (κ2) is 7.40. The molecule has 0 saturated carbocycles. The lowest BCUT2D eigenvalue weighted by atomic mass is 9.96. The SMILES string of the molecule is Cc1noc(C)c1S(=O)(=O)N1CCCC(C(=O)N2CCC3(CC2)OCCO3)C1. The van der Waals surface area contributed by atoms with Crippen LogP contribution in [0.4, 0.5) is 0 Å². The van der Waals surface area contributed by atoms with Crippen LogP contribution in [0.15, 0.2) is 9.42 Å². The molecule has 0 aliphatic carbocycles. The van der Waals surface area contributed by atoms with Crippen LogP contribution in [0.3, 0.4) is 0 Å². The topological polar surface area (TPSA) is 102 Å². The molecule has 9 nitrogen and oxygen atoms in total. The number of nitrogens with zero attached hydrogens (tertiary/aromatic N) is 3. The molecule has 3 saturated heterocycles. The van der Waals surface area contributed by atoms with E-state index in [1.165, 1.54) is 4.31 Å². The van der Waals surface area contributed by atoms with Crippen LogP contribution in [0, 0.1) is 19.8 Å². The number of carbonyl (C=O) groups is 1. The molecule has 1 aromatic rings. The Balaban J connectivity index is 1.43. The summed E-state index contributed by atoms with van der Waals surface area (Å²) in [5, 5.41) is 3.76. The Kier molecular flexibility index (Phi) is 5.24. The van der Waals surface area contributed by atoms with Gasteiger partial charge in [-0.25, -0.2) is 8.42 Å². The highest BCUT2D eigenvalue weighted by Gasteiger charge is 2.43. The molecule has 156 valence electrons. The van der Waals surface area contributed by atoms with Gasteiger partial charge in [0.05, 0.1) is 19.1 Å². The second-order valence-electron chi connectivity index (χ2n) is 7.79. The minimum Gasteiger partial charge on any atom is -0.360 e. The molecule has 0 aromatic carbocycles. The summed E-state index contributed by atoms with van der Waals surface area (Å²) >= 11 is 0. The Hall–Kier alpha value is -1.49. The van der Waals surface area contributed by atoms with Gasteiger partial charge in [-0.1, -0.05) is 5.16 Å². The van der Waals surface area contributed by atoms with E-state index in [-0.39, 0.29) is 29.0 Å². The van der Waals surface area contributed by atoms with E-state index in [0.717, 1.165) is 0 Å². The minimum atomic E-state index is -3.73. The molecule has 3 aliphatic heterocycles. The van der Waals surface area contributed by atoms with Gasteiger partial charge < -0.3 is 18.9 Å². The Bertz CT molecular complexity index is 816. The summed E-state index contributed by atoms with van der Waals surface area (Å²) < 4.78 is 44.0. The predicted octanol–water partition coefficient (Wildman–Crippen LogP) is 1.06. The van der Waals surface area contributed by atoms with E-state index >= 15 is 0 Å². The third-order valence-corrected chi connectivity index (χ3v) is 8.06. The number of likely N-dealkylation sites (tertiary alicyclic amines) is 1. The van der Waals surface area contributed by atoms with Crippen molar-refractivity contribution in [3.63, 3.8) is 0 Å². The molecule has 4 heterocycles. The number of carbonyl (C=O) groups excluding carboxylic acids is 1. The van der Waals surface area contributed by atoms with Crippen molar-refractivity contribution in [3.8, 4) is 0 Å². The summed E-state index contributed by atoms with van der Waals surface area (Å²) in [6.07, 6.45) is 2.67. The Morgan fingerprint density at radius 2 is 1.82 bits per heavy atom. The molecule has 1 amide bonds. The number of ether oxygens (including phenoxy) is 2. The van der Waals surface area contributed by atoms with Gasteiger partial charge in [-0.05, 0) is 26.7 Å². The maximum atomic E-state index is 13.1. The number of rotatable bonds is 3. The highest BCUT2D eigenvalue weighted by Crippen LogP contribution is 2.33. The Morgan fingerprint density at radius 3 is 2.43 bits per heavy atom. The van der Waals surface area contributed by atoms with E-state index in [4.69, 9.17) is 14.0 Å². The molecule has 1 atom stereocenters. The maximum absolute atomic E-state index is 13.1. The third kappa shape index (κ3) is 3.47. The lowest BCUT2D eigenvalue weighted by Gasteiger charge is -2.40. The average Bonchev–Trinajstić information content (AvgIpc) is 3.28. The Labute approximate surface area is 165 Å². The zero-order valence-corrected chi connectivity index (χ0v) is 17.2. The number of aryl methyl sites for hydroxylation is 2. The fourth-order valence-electron chi connectivity index (χ4n) is 4.45.